The molecule has 0 unspecified atom stereocenters. The number of piperidine rings is 1. The van der Waals surface area contributed by atoms with Crippen molar-refractivity contribution >= 4 is 49.3 Å². The molecule has 0 saturated carbocycles. The number of carboxylic acid groups (broad SMARTS) is 1. The van der Waals surface area contributed by atoms with Gasteiger partial charge in [0.2, 0.25) is 11.4 Å². The van der Waals surface area contributed by atoms with Gasteiger partial charge in [0.05, 0.1) is 15.6 Å². The Morgan fingerprint density at radius 1 is 1.19 bits per heavy atom. The number of nitrogens with one attached hydrogen (secondary N) is 1. The number of anilines is 1. The van der Waals surface area contributed by atoms with E-state index in [0.29, 0.717) is 21.8 Å². The van der Waals surface area contributed by atoms with Gasteiger partial charge in [-0.3, -0.25) is 9.20 Å². The maximum atomic E-state index is 13.0. The number of para-hydroxylation sites is 1. The van der Waals surface area contributed by atoms with Crippen LogP contribution in [0.1, 0.15) is 29.6 Å². The minimum atomic E-state index is -1.23. The zero-order valence-electron chi connectivity index (χ0n) is 16.8. The van der Waals surface area contributed by atoms with Gasteiger partial charge < -0.3 is 15.3 Å². The van der Waals surface area contributed by atoms with Crippen LogP contribution < -0.4 is 15.6 Å². The fourth-order valence-electron chi connectivity index (χ4n) is 5.10. The van der Waals surface area contributed by atoms with Crippen LogP contribution >= 0.6 is 11.3 Å². The first-order valence-corrected chi connectivity index (χ1v) is 11.3. The molecule has 6 rings (SSSR count). The van der Waals surface area contributed by atoms with E-state index in [2.05, 4.69) is 15.2 Å². The molecule has 2 aliphatic heterocycles. The average molecular weight is 436 g/mol. The first-order valence-electron chi connectivity index (χ1n) is 10.5. The lowest BCUT2D eigenvalue weighted by atomic mass is 9.78. The van der Waals surface area contributed by atoms with Crippen molar-refractivity contribution in [3.05, 3.63) is 46.2 Å². The molecule has 0 radical (unpaired) electrons. The molecule has 1 aromatic carbocycles. The Hall–Kier alpha value is -3.04. The number of carbonyl (C=O) groups is 1. The molecular weight excluding hydrogens is 414 g/mol. The van der Waals surface area contributed by atoms with Gasteiger partial charge in [0, 0.05) is 19.3 Å². The lowest BCUT2D eigenvalue weighted by molar-refractivity contribution is 0.0697. The number of aromatic carboxylic acids is 1. The molecule has 31 heavy (non-hydrogen) atoms. The number of pyridine rings is 1. The number of thiazole rings is 1. The fraction of sp³-hybridized carbons (Fsp3) is 0.364. The summed E-state index contributed by atoms with van der Waals surface area (Å²) in [5, 5.41) is 13.4. The van der Waals surface area contributed by atoms with Crippen molar-refractivity contribution in [2.24, 2.45) is 5.41 Å². The quantitative estimate of drug-likeness (QED) is 0.499. The Kier molecular flexibility index (Phi) is 4.06. The van der Waals surface area contributed by atoms with Crippen LogP contribution in [0.3, 0.4) is 0 Å². The van der Waals surface area contributed by atoms with E-state index >= 15 is 0 Å². The number of hydrogen-bond acceptors (Lipinski definition) is 7. The van der Waals surface area contributed by atoms with Crippen molar-refractivity contribution in [1.82, 2.24) is 19.7 Å². The molecule has 2 saturated heterocycles. The third kappa shape index (κ3) is 2.76. The molecule has 0 amide bonds. The summed E-state index contributed by atoms with van der Waals surface area (Å²) < 4.78 is 2.72. The normalized spacial score (nSPS) is 18.5. The van der Waals surface area contributed by atoms with E-state index in [1.165, 1.54) is 17.5 Å². The Labute approximate surface area is 181 Å². The molecule has 158 valence electrons. The number of aromatic nitrogens is 3. The number of rotatable bonds is 2. The van der Waals surface area contributed by atoms with Crippen LogP contribution in [0, 0.1) is 5.41 Å². The van der Waals surface area contributed by atoms with Crippen molar-refractivity contribution in [3.63, 3.8) is 0 Å². The van der Waals surface area contributed by atoms with Crippen LogP contribution in [0.25, 0.3) is 26.1 Å². The second-order valence-corrected chi connectivity index (χ2v) is 9.58. The summed E-state index contributed by atoms with van der Waals surface area (Å²) in [6.45, 7) is 3.89. The molecule has 0 aliphatic carbocycles. The van der Waals surface area contributed by atoms with E-state index < -0.39 is 11.4 Å². The average Bonchev–Trinajstić information content (AvgIpc) is 3.35. The molecular formula is C22H21N5O3S. The van der Waals surface area contributed by atoms with Crippen LogP contribution in [0.2, 0.25) is 0 Å². The van der Waals surface area contributed by atoms with Crippen LogP contribution in [0.15, 0.2) is 35.3 Å². The lowest BCUT2D eigenvalue weighted by Gasteiger charge is -2.33. The maximum Gasteiger partial charge on any atom is 0.342 e. The standard InChI is InChI=1S/C22H21N5O3S/c28-17-13-11-24-21(26-10-7-22(12-26)5-8-23-9-6-22)25-18(13)27-14-3-1-2-4-15(14)31-19(27)16(17)20(29)30/h1-4,11,23H,5-10,12H2,(H,29,30). The van der Waals surface area contributed by atoms with Gasteiger partial charge in [0.25, 0.3) is 0 Å². The molecule has 4 aromatic rings. The molecule has 5 heterocycles. The summed E-state index contributed by atoms with van der Waals surface area (Å²) in [7, 11) is 0. The molecule has 0 bridgehead atoms. The maximum absolute atomic E-state index is 13.0. The highest BCUT2D eigenvalue weighted by atomic mass is 32.1. The van der Waals surface area contributed by atoms with Crippen molar-refractivity contribution in [1.29, 1.82) is 0 Å². The Morgan fingerprint density at radius 3 is 2.81 bits per heavy atom. The summed E-state index contributed by atoms with van der Waals surface area (Å²) in [6.07, 6.45) is 4.92. The first kappa shape index (κ1) is 18.7. The van der Waals surface area contributed by atoms with E-state index in [1.807, 2.05) is 28.7 Å². The van der Waals surface area contributed by atoms with Crippen molar-refractivity contribution in [3.8, 4) is 0 Å². The molecule has 3 aromatic heterocycles. The monoisotopic (exact) mass is 435 g/mol. The SMILES string of the molecule is O=C(O)c1c(=O)c2cnc(N3CCC4(CCNCC4)C3)nc2n2c1sc1ccccc12. The number of benzene rings is 1. The van der Waals surface area contributed by atoms with E-state index in [1.54, 1.807) is 0 Å². The summed E-state index contributed by atoms with van der Waals surface area (Å²) in [5.41, 5.74) is 0.865. The molecule has 2 fully saturated rings. The predicted octanol–water partition coefficient (Wildman–Crippen LogP) is 2.74. The minimum absolute atomic E-state index is 0.222. The Morgan fingerprint density at radius 2 is 2.00 bits per heavy atom. The third-order valence-corrected chi connectivity index (χ3v) is 7.91. The third-order valence-electron chi connectivity index (χ3n) is 6.77. The summed E-state index contributed by atoms with van der Waals surface area (Å²) in [5.74, 6) is -0.623. The summed E-state index contributed by atoms with van der Waals surface area (Å²) >= 11 is 1.30. The number of hydrogen-bond donors (Lipinski definition) is 2. The van der Waals surface area contributed by atoms with Gasteiger partial charge in [-0.25, -0.2) is 9.78 Å². The lowest BCUT2D eigenvalue weighted by Crippen LogP contribution is -2.38. The number of fused-ring (bicyclic) bond motifs is 5. The van der Waals surface area contributed by atoms with Gasteiger partial charge in [-0.05, 0) is 49.9 Å². The van der Waals surface area contributed by atoms with E-state index in [9.17, 15) is 14.7 Å². The van der Waals surface area contributed by atoms with Crippen molar-refractivity contribution in [2.75, 3.05) is 31.1 Å². The predicted molar refractivity (Wildman–Crippen MR) is 120 cm³/mol. The molecule has 2 aliphatic rings. The summed E-state index contributed by atoms with van der Waals surface area (Å²) in [4.78, 5) is 36.9. The first-order chi connectivity index (χ1) is 15.1. The van der Waals surface area contributed by atoms with E-state index in [0.717, 1.165) is 55.7 Å². The van der Waals surface area contributed by atoms with Crippen molar-refractivity contribution < 1.29 is 9.90 Å². The highest BCUT2D eigenvalue weighted by Crippen LogP contribution is 2.40. The molecule has 1 spiro atoms. The fourth-order valence-corrected chi connectivity index (χ4v) is 6.28. The van der Waals surface area contributed by atoms with Gasteiger partial charge in [-0.2, -0.15) is 4.98 Å². The van der Waals surface area contributed by atoms with Crippen molar-refractivity contribution in [2.45, 2.75) is 19.3 Å². The second kappa shape index (κ2) is 6.73. The Bertz CT molecular complexity index is 1420. The zero-order valence-corrected chi connectivity index (χ0v) is 17.6. The largest absolute Gasteiger partial charge is 0.477 e. The number of nitrogens with zero attached hydrogens (tertiary/aromatic N) is 4. The molecule has 9 heteroatoms. The van der Waals surface area contributed by atoms with E-state index in [-0.39, 0.29) is 10.9 Å². The van der Waals surface area contributed by atoms with Gasteiger partial charge in [-0.15, -0.1) is 11.3 Å². The highest BCUT2D eigenvalue weighted by molar-refractivity contribution is 7.24. The molecule has 0 atom stereocenters. The number of carboxylic acids is 1. The molecule has 8 nitrogen and oxygen atoms in total. The van der Waals surface area contributed by atoms with E-state index in [4.69, 9.17) is 4.98 Å². The summed E-state index contributed by atoms with van der Waals surface area (Å²) in [6, 6.07) is 7.67. The topological polar surface area (TPSA) is 99.8 Å². The van der Waals surface area contributed by atoms with Crippen LogP contribution in [-0.4, -0.2) is 51.6 Å². The van der Waals surface area contributed by atoms with Crippen LogP contribution in [0.4, 0.5) is 5.95 Å². The van der Waals surface area contributed by atoms with Crippen LogP contribution in [0.5, 0.6) is 0 Å². The van der Waals surface area contributed by atoms with Gasteiger partial charge in [0.1, 0.15) is 10.4 Å². The van der Waals surface area contributed by atoms with Gasteiger partial charge in [0.15, 0.2) is 5.65 Å². The smallest absolute Gasteiger partial charge is 0.342 e. The van der Waals surface area contributed by atoms with Crippen LogP contribution in [-0.2, 0) is 0 Å². The van der Waals surface area contributed by atoms with Gasteiger partial charge >= 0.3 is 5.97 Å². The van der Waals surface area contributed by atoms with Gasteiger partial charge in [-0.1, -0.05) is 12.1 Å². The molecule has 2 N–H and O–H groups in total. The Balaban J connectivity index is 1.58. The second-order valence-electron chi connectivity index (χ2n) is 8.55. The minimum Gasteiger partial charge on any atom is -0.477 e. The zero-order chi connectivity index (χ0) is 21.2. The highest BCUT2D eigenvalue weighted by Gasteiger charge is 2.39.